The van der Waals surface area contributed by atoms with Crippen molar-refractivity contribution < 1.29 is 28.6 Å². The molecule has 0 bridgehead atoms. The summed E-state index contributed by atoms with van der Waals surface area (Å²) < 4.78 is 16.8. The number of carbonyl (C=O) groups excluding carboxylic acids is 3. The van der Waals surface area contributed by atoms with Gasteiger partial charge in [0.15, 0.2) is 6.10 Å². The van der Waals surface area contributed by atoms with Gasteiger partial charge in [-0.15, -0.1) is 0 Å². The number of carbonyl (C=O) groups is 3. The topological polar surface area (TPSA) is 78.9 Å². The Kier molecular flexibility index (Phi) is 45.7. The molecule has 0 saturated heterocycles. The maximum Gasteiger partial charge on any atom is 0.306 e. The molecule has 0 spiro atoms. The Bertz CT molecular complexity index is 916. The summed E-state index contributed by atoms with van der Waals surface area (Å²) in [6.07, 6.45) is 48.1. The molecular weight excluding hydrogens is 745 g/mol. The van der Waals surface area contributed by atoms with E-state index in [1.807, 2.05) is 0 Å². The van der Waals surface area contributed by atoms with E-state index in [4.69, 9.17) is 14.2 Å². The van der Waals surface area contributed by atoms with Gasteiger partial charge in [0.2, 0.25) is 0 Å². The lowest BCUT2D eigenvalue weighted by Gasteiger charge is -2.18. The van der Waals surface area contributed by atoms with Gasteiger partial charge < -0.3 is 14.2 Å². The maximum atomic E-state index is 12.8. The van der Waals surface area contributed by atoms with Gasteiger partial charge in [-0.25, -0.2) is 0 Å². The third-order valence-corrected chi connectivity index (χ3v) is 12.2. The lowest BCUT2D eigenvalue weighted by molar-refractivity contribution is -0.167. The first kappa shape index (κ1) is 58.4. The Morgan fingerprint density at radius 2 is 0.550 bits per heavy atom. The minimum atomic E-state index is -0.761. The number of hydrogen-bond donors (Lipinski definition) is 0. The van der Waals surface area contributed by atoms with Crippen molar-refractivity contribution >= 4 is 17.9 Å². The summed E-state index contributed by atoms with van der Waals surface area (Å²) >= 11 is 0. The Morgan fingerprint density at radius 1 is 0.317 bits per heavy atom. The monoisotopic (exact) mass is 849 g/mol. The zero-order valence-corrected chi connectivity index (χ0v) is 41.1. The summed E-state index contributed by atoms with van der Waals surface area (Å²) in [5.74, 6) is 0.801. The van der Waals surface area contributed by atoms with Crippen molar-refractivity contribution in [2.75, 3.05) is 13.2 Å². The quantitative estimate of drug-likeness (QED) is 0.0345. The van der Waals surface area contributed by atoms with Gasteiger partial charge >= 0.3 is 17.9 Å². The maximum absolute atomic E-state index is 12.8. The van der Waals surface area contributed by atoms with Crippen LogP contribution in [0.25, 0.3) is 0 Å². The predicted molar refractivity (Wildman–Crippen MR) is 256 cm³/mol. The summed E-state index contributed by atoms with van der Waals surface area (Å²) in [5, 5.41) is 0. The number of unbranched alkanes of at least 4 members (excludes halogenated alkanes) is 33. The van der Waals surface area contributed by atoms with Crippen LogP contribution in [-0.2, 0) is 28.6 Å². The van der Waals surface area contributed by atoms with Crippen molar-refractivity contribution in [2.45, 2.75) is 304 Å². The van der Waals surface area contributed by atoms with Crippen LogP contribution in [0.4, 0.5) is 0 Å². The largest absolute Gasteiger partial charge is 0.462 e. The highest BCUT2D eigenvalue weighted by Gasteiger charge is 2.19. The van der Waals surface area contributed by atoms with Crippen LogP contribution in [0.1, 0.15) is 298 Å². The van der Waals surface area contributed by atoms with Crippen molar-refractivity contribution in [3.05, 3.63) is 0 Å². The first-order valence-electron chi connectivity index (χ1n) is 26.7. The normalized spacial score (nSPS) is 12.1. The predicted octanol–water partition coefficient (Wildman–Crippen LogP) is 17.3. The molecule has 0 amide bonds. The van der Waals surface area contributed by atoms with Crippen LogP contribution in [0.2, 0.25) is 0 Å². The molecule has 6 nitrogen and oxygen atoms in total. The van der Waals surface area contributed by atoms with Crippen molar-refractivity contribution in [1.29, 1.82) is 0 Å². The fraction of sp³-hybridized carbons (Fsp3) is 0.944. The third kappa shape index (κ3) is 47.5. The second-order valence-corrected chi connectivity index (χ2v) is 19.5. The number of hydrogen-bond acceptors (Lipinski definition) is 6. The van der Waals surface area contributed by atoms with Crippen LogP contribution in [0.5, 0.6) is 0 Å². The fourth-order valence-corrected chi connectivity index (χ4v) is 8.17. The van der Waals surface area contributed by atoms with Crippen LogP contribution in [0.15, 0.2) is 0 Å². The van der Waals surface area contributed by atoms with E-state index in [0.717, 1.165) is 69.6 Å². The Balaban J connectivity index is 4.26. The van der Waals surface area contributed by atoms with Gasteiger partial charge in [0.25, 0.3) is 0 Å². The number of rotatable bonds is 48. The standard InChI is InChI=1S/C54H104O6/c1-6-7-8-9-10-11-12-20-23-29-34-39-44-52(55)58-47-51(48-59-53(56)45-40-35-30-26-25-28-33-38-43-50(4)5)60-54(57)46-41-36-31-24-21-18-16-14-13-15-17-19-22-27-32-37-42-49(2)3/h49-51H,6-48H2,1-5H3/t51-/m1/s1. The molecule has 0 aromatic heterocycles. The van der Waals surface area contributed by atoms with Gasteiger partial charge in [-0.2, -0.15) is 0 Å². The molecule has 0 radical (unpaired) electrons. The molecule has 0 fully saturated rings. The van der Waals surface area contributed by atoms with Crippen molar-refractivity contribution in [1.82, 2.24) is 0 Å². The lowest BCUT2D eigenvalue weighted by Crippen LogP contribution is -2.30. The molecule has 356 valence electrons. The van der Waals surface area contributed by atoms with E-state index >= 15 is 0 Å². The van der Waals surface area contributed by atoms with Crippen LogP contribution >= 0.6 is 0 Å². The van der Waals surface area contributed by atoms with Crippen molar-refractivity contribution in [3.63, 3.8) is 0 Å². The second kappa shape index (κ2) is 46.9. The highest BCUT2D eigenvalue weighted by molar-refractivity contribution is 5.71. The highest BCUT2D eigenvalue weighted by Crippen LogP contribution is 2.18. The molecular formula is C54H104O6. The van der Waals surface area contributed by atoms with Gasteiger partial charge in [-0.1, -0.05) is 259 Å². The van der Waals surface area contributed by atoms with E-state index in [0.29, 0.717) is 19.3 Å². The molecule has 0 unspecified atom stereocenters. The van der Waals surface area contributed by atoms with E-state index in [1.54, 1.807) is 0 Å². The van der Waals surface area contributed by atoms with E-state index < -0.39 is 6.10 Å². The zero-order chi connectivity index (χ0) is 44.0. The molecule has 0 N–H and O–H groups in total. The molecule has 0 aromatic carbocycles. The smallest absolute Gasteiger partial charge is 0.306 e. The number of esters is 3. The Hall–Kier alpha value is -1.59. The lowest BCUT2D eigenvalue weighted by atomic mass is 10.0. The summed E-state index contributed by atoms with van der Waals surface area (Å²) in [6.45, 7) is 11.4. The van der Waals surface area contributed by atoms with Gasteiger partial charge in [0, 0.05) is 19.3 Å². The Morgan fingerprint density at radius 3 is 0.817 bits per heavy atom. The minimum absolute atomic E-state index is 0.0636. The van der Waals surface area contributed by atoms with E-state index in [-0.39, 0.29) is 31.1 Å². The molecule has 0 heterocycles. The SMILES string of the molecule is CCCCCCCCCCCCCCC(=O)OC[C@H](COC(=O)CCCCCCCCCCC(C)C)OC(=O)CCCCCCCCCCCCCCCCCCC(C)C. The molecule has 0 aliphatic heterocycles. The number of ether oxygens (including phenoxy) is 3. The summed E-state index contributed by atoms with van der Waals surface area (Å²) in [6, 6.07) is 0. The van der Waals surface area contributed by atoms with Crippen LogP contribution < -0.4 is 0 Å². The molecule has 0 saturated carbocycles. The van der Waals surface area contributed by atoms with Crippen LogP contribution in [-0.4, -0.2) is 37.2 Å². The van der Waals surface area contributed by atoms with Crippen molar-refractivity contribution in [2.24, 2.45) is 11.8 Å². The van der Waals surface area contributed by atoms with Gasteiger partial charge in [-0.05, 0) is 31.1 Å². The van der Waals surface area contributed by atoms with E-state index in [1.165, 1.54) is 186 Å². The summed E-state index contributed by atoms with van der Waals surface area (Å²) in [4.78, 5) is 37.9. The Labute approximate surface area is 374 Å². The molecule has 0 rings (SSSR count). The second-order valence-electron chi connectivity index (χ2n) is 19.5. The molecule has 0 aromatic rings. The molecule has 60 heavy (non-hydrogen) atoms. The van der Waals surface area contributed by atoms with Crippen LogP contribution in [0, 0.1) is 11.8 Å². The fourth-order valence-electron chi connectivity index (χ4n) is 8.17. The van der Waals surface area contributed by atoms with Crippen molar-refractivity contribution in [3.8, 4) is 0 Å². The summed E-state index contributed by atoms with van der Waals surface area (Å²) in [7, 11) is 0. The first-order chi connectivity index (χ1) is 29.2. The summed E-state index contributed by atoms with van der Waals surface area (Å²) in [5.41, 5.74) is 0. The zero-order valence-electron chi connectivity index (χ0n) is 41.1. The minimum Gasteiger partial charge on any atom is -0.462 e. The highest BCUT2D eigenvalue weighted by atomic mass is 16.6. The van der Waals surface area contributed by atoms with Crippen LogP contribution in [0.3, 0.4) is 0 Å². The van der Waals surface area contributed by atoms with E-state index in [2.05, 4.69) is 34.6 Å². The molecule has 1 atom stereocenters. The first-order valence-corrected chi connectivity index (χ1v) is 26.7. The van der Waals surface area contributed by atoms with Gasteiger partial charge in [0.1, 0.15) is 13.2 Å². The average Bonchev–Trinajstić information content (AvgIpc) is 3.22. The molecule has 6 heteroatoms. The molecule has 0 aliphatic rings. The van der Waals surface area contributed by atoms with E-state index in [9.17, 15) is 14.4 Å². The van der Waals surface area contributed by atoms with Gasteiger partial charge in [0.05, 0.1) is 0 Å². The third-order valence-electron chi connectivity index (χ3n) is 12.2. The average molecular weight is 849 g/mol. The molecule has 0 aliphatic carbocycles. The van der Waals surface area contributed by atoms with Gasteiger partial charge in [-0.3, -0.25) is 14.4 Å².